The SMILES string of the molecule is CCCC(C)(Nc1ccccc1S(C)(=O)=O)C(=O)O. The number of hydrogen-bond acceptors (Lipinski definition) is 4. The lowest BCUT2D eigenvalue weighted by molar-refractivity contribution is -0.142. The summed E-state index contributed by atoms with van der Waals surface area (Å²) in [6, 6.07) is 6.32. The van der Waals surface area contributed by atoms with Crippen molar-refractivity contribution in [1.82, 2.24) is 0 Å². The maximum Gasteiger partial charge on any atom is 0.329 e. The average molecular weight is 285 g/mol. The van der Waals surface area contributed by atoms with E-state index in [1.54, 1.807) is 25.1 Å². The molecule has 1 aromatic carbocycles. The zero-order valence-electron chi connectivity index (χ0n) is 11.3. The summed E-state index contributed by atoms with van der Waals surface area (Å²) in [5.74, 6) is -1.00. The van der Waals surface area contributed by atoms with Gasteiger partial charge >= 0.3 is 5.97 Å². The van der Waals surface area contributed by atoms with Crippen molar-refractivity contribution in [3.8, 4) is 0 Å². The third-order valence-corrected chi connectivity index (χ3v) is 4.07. The molecule has 5 nitrogen and oxygen atoms in total. The maximum absolute atomic E-state index is 11.7. The molecule has 0 bridgehead atoms. The fourth-order valence-corrected chi connectivity index (χ4v) is 2.76. The molecule has 6 heteroatoms. The van der Waals surface area contributed by atoms with Gasteiger partial charge in [-0.2, -0.15) is 0 Å². The molecular weight excluding hydrogens is 266 g/mol. The molecule has 0 aromatic heterocycles. The minimum Gasteiger partial charge on any atom is -0.480 e. The fraction of sp³-hybridized carbons (Fsp3) is 0.462. The number of carboxylic acid groups (broad SMARTS) is 1. The quantitative estimate of drug-likeness (QED) is 0.836. The highest BCUT2D eigenvalue weighted by molar-refractivity contribution is 7.90. The van der Waals surface area contributed by atoms with Crippen LogP contribution in [0.5, 0.6) is 0 Å². The Hall–Kier alpha value is -1.56. The molecule has 0 saturated carbocycles. The predicted octanol–water partition coefficient (Wildman–Crippen LogP) is 2.15. The lowest BCUT2D eigenvalue weighted by Gasteiger charge is -2.28. The first-order chi connectivity index (χ1) is 8.70. The van der Waals surface area contributed by atoms with E-state index in [2.05, 4.69) is 5.32 Å². The van der Waals surface area contributed by atoms with Crippen LogP contribution in [0.3, 0.4) is 0 Å². The van der Waals surface area contributed by atoms with Crippen LogP contribution >= 0.6 is 0 Å². The third kappa shape index (κ3) is 3.70. The Labute approximate surface area is 113 Å². The predicted molar refractivity (Wildman–Crippen MR) is 74.1 cm³/mol. The van der Waals surface area contributed by atoms with Gasteiger partial charge < -0.3 is 10.4 Å². The van der Waals surface area contributed by atoms with Gasteiger partial charge in [-0.05, 0) is 25.5 Å². The van der Waals surface area contributed by atoms with Crippen LogP contribution in [0, 0.1) is 0 Å². The molecule has 1 aromatic rings. The van der Waals surface area contributed by atoms with Crippen molar-refractivity contribution in [2.45, 2.75) is 37.1 Å². The molecule has 0 amide bonds. The van der Waals surface area contributed by atoms with Crippen LogP contribution in [0.2, 0.25) is 0 Å². The summed E-state index contributed by atoms with van der Waals surface area (Å²) in [5, 5.41) is 12.2. The summed E-state index contributed by atoms with van der Waals surface area (Å²) in [6.45, 7) is 3.43. The van der Waals surface area contributed by atoms with E-state index in [4.69, 9.17) is 0 Å². The monoisotopic (exact) mass is 285 g/mol. The van der Waals surface area contributed by atoms with Crippen LogP contribution in [0.1, 0.15) is 26.7 Å². The van der Waals surface area contributed by atoms with Crippen molar-refractivity contribution in [3.05, 3.63) is 24.3 Å². The zero-order valence-corrected chi connectivity index (χ0v) is 12.1. The molecular formula is C13H19NO4S. The normalized spacial score (nSPS) is 14.7. The second-order valence-corrected chi connectivity index (χ2v) is 6.76. The number of anilines is 1. The van der Waals surface area contributed by atoms with Gasteiger partial charge in [0.1, 0.15) is 5.54 Å². The van der Waals surface area contributed by atoms with E-state index >= 15 is 0 Å². The molecule has 0 aliphatic carbocycles. The first-order valence-corrected chi connectivity index (χ1v) is 7.90. The second-order valence-electron chi connectivity index (χ2n) is 4.78. The molecule has 106 valence electrons. The van der Waals surface area contributed by atoms with Gasteiger partial charge in [0.05, 0.1) is 10.6 Å². The molecule has 0 fully saturated rings. The van der Waals surface area contributed by atoms with Gasteiger partial charge in [-0.1, -0.05) is 25.5 Å². The lowest BCUT2D eigenvalue weighted by Crippen LogP contribution is -2.43. The van der Waals surface area contributed by atoms with Crippen LogP contribution in [0.4, 0.5) is 5.69 Å². The molecule has 1 unspecified atom stereocenters. The topological polar surface area (TPSA) is 83.5 Å². The third-order valence-electron chi connectivity index (χ3n) is 2.92. The Bertz CT molecular complexity index is 568. The van der Waals surface area contributed by atoms with E-state index in [9.17, 15) is 18.3 Å². The standard InChI is InChI=1S/C13H19NO4S/c1-4-9-13(2,12(15)16)14-10-7-5-6-8-11(10)19(3,17)18/h5-8,14H,4,9H2,1-3H3,(H,15,16). The molecule has 0 aliphatic rings. The van der Waals surface area contributed by atoms with Gasteiger partial charge in [0.15, 0.2) is 9.84 Å². The highest BCUT2D eigenvalue weighted by Crippen LogP contribution is 2.26. The van der Waals surface area contributed by atoms with Crippen LogP contribution in [0.25, 0.3) is 0 Å². The van der Waals surface area contributed by atoms with Gasteiger partial charge in [-0.25, -0.2) is 13.2 Å². The highest BCUT2D eigenvalue weighted by Gasteiger charge is 2.33. The number of nitrogens with one attached hydrogen (secondary N) is 1. The van der Waals surface area contributed by atoms with Crippen molar-refractivity contribution in [3.63, 3.8) is 0 Å². The van der Waals surface area contributed by atoms with Crippen LogP contribution in [-0.4, -0.2) is 31.3 Å². The Kier molecular flexibility index (Phi) is 4.57. The molecule has 0 radical (unpaired) electrons. The van der Waals surface area contributed by atoms with E-state index in [1.807, 2.05) is 6.92 Å². The zero-order chi connectivity index (χ0) is 14.7. The van der Waals surface area contributed by atoms with Crippen molar-refractivity contribution >= 4 is 21.5 Å². The number of sulfone groups is 1. The number of aliphatic carboxylic acids is 1. The molecule has 2 N–H and O–H groups in total. The Balaban J connectivity index is 3.22. The number of para-hydroxylation sites is 1. The Morgan fingerprint density at radius 2 is 1.95 bits per heavy atom. The number of carbonyl (C=O) groups is 1. The number of rotatable bonds is 6. The summed E-state index contributed by atoms with van der Waals surface area (Å²) in [7, 11) is -3.40. The van der Waals surface area contributed by atoms with E-state index in [0.29, 0.717) is 18.5 Å². The summed E-state index contributed by atoms with van der Waals surface area (Å²) in [5.41, 5.74) is -0.862. The van der Waals surface area contributed by atoms with Gasteiger partial charge in [0, 0.05) is 6.26 Å². The van der Waals surface area contributed by atoms with Crippen LogP contribution in [-0.2, 0) is 14.6 Å². The second kappa shape index (κ2) is 5.61. The average Bonchev–Trinajstić information content (AvgIpc) is 2.28. The van der Waals surface area contributed by atoms with Crippen LogP contribution < -0.4 is 5.32 Å². The maximum atomic E-state index is 11.7. The van der Waals surface area contributed by atoms with E-state index in [0.717, 1.165) is 6.26 Å². The minimum atomic E-state index is -3.40. The highest BCUT2D eigenvalue weighted by atomic mass is 32.2. The van der Waals surface area contributed by atoms with Crippen molar-refractivity contribution in [2.75, 3.05) is 11.6 Å². The Morgan fingerprint density at radius 3 is 2.42 bits per heavy atom. The van der Waals surface area contributed by atoms with Crippen molar-refractivity contribution < 1.29 is 18.3 Å². The van der Waals surface area contributed by atoms with Gasteiger partial charge in [0.25, 0.3) is 0 Å². The number of hydrogen-bond donors (Lipinski definition) is 2. The summed E-state index contributed by atoms with van der Waals surface area (Å²) >= 11 is 0. The summed E-state index contributed by atoms with van der Waals surface area (Å²) < 4.78 is 23.4. The van der Waals surface area contributed by atoms with Crippen LogP contribution in [0.15, 0.2) is 29.2 Å². The first kappa shape index (κ1) is 15.5. The molecule has 0 heterocycles. The number of benzene rings is 1. The smallest absolute Gasteiger partial charge is 0.329 e. The van der Waals surface area contributed by atoms with E-state index < -0.39 is 21.3 Å². The summed E-state index contributed by atoms with van der Waals surface area (Å²) in [4.78, 5) is 11.5. The molecule has 1 atom stereocenters. The lowest BCUT2D eigenvalue weighted by atomic mass is 9.96. The van der Waals surface area contributed by atoms with E-state index in [1.165, 1.54) is 6.07 Å². The fourth-order valence-electron chi connectivity index (χ4n) is 1.91. The molecule has 0 aliphatic heterocycles. The largest absolute Gasteiger partial charge is 0.480 e. The number of carboxylic acids is 1. The first-order valence-electron chi connectivity index (χ1n) is 6.01. The molecule has 1 rings (SSSR count). The van der Waals surface area contributed by atoms with Crippen molar-refractivity contribution in [2.24, 2.45) is 0 Å². The van der Waals surface area contributed by atoms with Gasteiger partial charge in [-0.15, -0.1) is 0 Å². The summed E-state index contributed by atoms with van der Waals surface area (Å²) in [6.07, 6.45) is 2.18. The van der Waals surface area contributed by atoms with Gasteiger partial charge in [-0.3, -0.25) is 0 Å². The Morgan fingerprint density at radius 1 is 1.37 bits per heavy atom. The van der Waals surface area contributed by atoms with Crippen molar-refractivity contribution in [1.29, 1.82) is 0 Å². The van der Waals surface area contributed by atoms with E-state index in [-0.39, 0.29) is 4.90 Å². The molecule has 19 heavy (non-hydrogen) atoms. The molecule has 0 spiro atoms. The molecule has 0 saturated heterocycles. The van der Waals surface area contributed by atoms with Gasteiger partial charge in [0.2, 0.25) is 0 Å². The minimum absolute atomic E-state index is 0.110.